The summed E-state index contributed by atoms with van der Waals surface area (Å²) in [7, 11) is 0. The van der Waals surface area contributed by atoms with E-state index >= 15 is 0 Å². The van der Waals surface area contributed by atoms with Crippen LogP contribution >= 0.6 is 0 Å². The molecule has 6 heteroatoms. The predicted octanol–water partition coefficient (Wildman–Crippen LogP) is 2.89. The number of rotatable bonds is 6. The number of carboxylic acids is 1. The highest BCUT2D eigenvalue weighted by Gasteiger charge is 2.21. The van der Waals surface area contributed by atoms with Crippen LogP contribution in [0.15, 0.2) is 16.5 Å². The number of carbonyl (C=O) groups is 2. The molecular formula is C15H23NO5. The number of hydrogen-bond acceptors (Lipinski definition) is 4. The Labute approximate surface area is 124 Å². The largest absolute Gasteiger partial charge is 0.481 e. The Morgan fingerprint density at radius 3 is 2.52 bits per heavy atom. The Bertz CT molecular complexity index is 486. The van der Waals surface area contributed by atoms with Crippen molar-refractivity contribution in [3.05, 3.63) is 23.7 Å². The molecule has 1 aromatic rings. The maximum atomic E-state index is 11.8. The molecule has 1 rings (SSSR count). The van der Waals surface area contributed by atoms with Crippen molar-refractivity contribution in [1.82, 2.24) is 5.32 Å². The first kappa shape index (κ1) is 17.1. The number of alkyl carbamates (subject to hydrolysis) is 1. The predicted molar refractivity (Wildman–Crippen MR) is 77.2 cm³/mol. The number of furan rings is 1. The van der Waals surface area contributed by atoms with Gasteiger partial charge in [0.15, 0.2) is 0 Å². The Hall–Kier alpha value is -1.98. The van der Waals surface area contributed by atoms with Crippen molar-refractivity contribution in [3.8, 4) is 0 Å². The van der Waals surface area contributed by atoms with Crippen molar-refractivity contribution in [1.29, 1.82) is 0 Å². The second kappa shape index (κ2) is 7.15. The van der Waals surface area contributed by atoms with Crippen LogP contribution in [-0.2, 0) is 16.0 Å². The van der Waals surface area contributed by atoms with Gasteiger partial charge in [0.2, 0.25) is 0 Å². The average Bonchev–Trinajstić information content (AvgIpc) is 2.69. The highest BCUT2D eigenvalue weighted by molar-refractivity contribution is 5.69. The van der Waals surface area contributed by atoms with Gasteiger partial charge in [-0.25, -0.2) is 4.79 Å². The number of carbonyl (C=O) groups excluding carboxylic acids is 1. The topological polar surface area (TPSA) is 88.8 Å². The zero-order valence-corrected chi connectivity index (χ0v) is 12.9. The molecule has 0 aliphatic rings. The standard InChI is InChI=1S/C15H23NO5/c1-10-5-7-12(20-10)9-11(6-8-13(17)18)16-14(19)21-15(2,3)4/h5,7,11H,6,8-9H2,1-4H3,(H,16,19)(H,17,18). The summed E-state index contributed by atoms with van der Waals surface area (Å²) < 4.78 is 10.7. The smallest absolute Gasteiger partial charge is 0.407 e. The van der Waals surface area contributed by atoms with Crippen LogP contribution in [0.4, 0.5) is 4.79 Å². The first-order valence-corrected chi connectivity index (χ1v) is 6.92. The van der Waals surface area contributed by atoms with Gasteiger partial charge in [-0.15, -0.1) is 0 Å². The van der Waals surface area contributed by atoms with Gasteiger partial charge in [-0.2, -0.15) is 0 Å². The third kappa shape index (κ3) is 7.39. The van der Waals surface area contributed by atoms with Gasteiger partial charge in [-0.1, -0.05) is 0 Å². The zero-order chi connectivity index (χ0) is 16.0. The quantitative estimate of drug-likeness (QED) is 0.842. The average molecular weight is 297 g/mol. The molecule has 1 unspecified atom stereocenters. The molecule has 0 saturated heterocycles. The number of nitrogens with one attached hydrogen (secondary N) is 1. The monoisotopic (exact) mass is 297 g/mol. The lowest BCUT2D eigenvalue weighted by atomic mass is 10.1. The Morgan fingerprint density at radius 2 is 2.05 bits per heavy atom. The van der Waals surface area contributed by atoms with Crippen molar-refractivity contribution in [2.24, 2.45) is 0 Å². The van der Waals surface area contributed by atoms with Crippen LogP contribution in [0, 0.1) is 6.92 Å². The van der Waals surface area contributed by atoms with Gasteiger partial charge in [0, 0.05) is 18.9 Å². The Morgan fingerprint density at radius 1 is 1.38 bits per heavy atom. The molecule has 2 N–H and O–H groups in total. The van der Waals surface area contributed by atoms with Gasteiger partial charge in [0.05, 0.1) is 0 Å². The molecule has 0 aliphatic heterocycles. The number of hydrogen-bond donors (Lipinski definition) is 2. The summed E-state index contributed by atoms with van der Waals surface area (Å²) in [6.45, 7) is 7.15. The van der Waals surface area contributed by atoms with E-state index < -0.39 is 17.7 Å². The van der Waals surface area contributed by atoms with Crippen LogP contribution in [0.25, 0.3) is 0 Å². The fourth-order valence-electron chi connectivity index (χ4n) is 1.83. The van der Waals surface area contributed by atoms with Crippen LogP contribution in [0.2, 0.25) is 0 Å². The third-order valence-electron chi connectivity index (χ3n) is 2.67. The van der Waals surface area contributed by atoms with Crippen LogP contribution < -0.4 is 5.32 Å². The van der Waals surface area contributed by atoms with Crippen LogP contribution in [0.5, 0.6) is 0 Å². The molecule has 6 nitrogen and oxygen atoms in total. The van der Waals surface area contributed by atoms with Crippen molar-refractivity contribution >= 4 is 12.1 Å². The van der Waals surface area contributed by atoms with E-state index in [1.165, 1.54) is 0 Å². The van der Waals surface area contributed by atoms with Gasteiger partial charge in [-0.05, 0) is 46.2 Å². The van der Waals surface area contributed by atoms with E-state index in [4.69, 9.17) is 14.3 Å². The van der Waals surface area contributed by atoms with Gasteiger partial charge in [0.25, 0.3) is 0 Å². The minimum absolute atomic E-state index is 0.0276. The SMILES string of the molecule is Cc1ccc(CC(CCC(=O)O)NC(=O)OC(C)(C)C)o1. The van der Waals surface area contributed by atoms with E-state index in [9.17, 15) is 9.59 Å². The number of aliphatic carboxylic acids is 1. The summed E-state index contributed by atoms with van der Waals surface area (Å²) in [5, 5.41) is 11.5. The molecule has 1 amide bonds. The zero-order valence-electron chi connectivity index (χ0n) is 12.9. The highest BCUT2D eigenvalue weighted by atomic mass is 16.6. The summed E-state index contributed by atoms with van der Waals surface area (Å²) in [6, 6.07) is 3.30. The second-order valence-corrected chi connectivity index (χ2v) is 5.99. The van der Waals surface area contributed by atoms with Crippen LogP contribution in [-0.4, -0.2) is 28.8 Å². The van der Waals surface area contributed by atoms with Crippen molar-refractivity contribution in [2.45, 2.75) is 58.6 Å². The lowest BCUT2D eigenvalue weighted by Gasteiger charge is -2.23. The normalized spacial score (nSPS) is 12.8. The molecular weight excluding hydrogens is 274 g/mol. The van der Waals surface area contributed by atoms with Crippen molar-refractivity contribution in [2.75, 3.05) is 0 Å². The van der Waals surface area contributed by atoms with Crippen LogP contribution in [0.1, 0.15) is 45.1 Å². The maximum absolute atomic E-state index is 11.8. The van der Waals surface area contributed by atoms with Gasteiger partial charge >= 0.3 is 12.1 Å². The summed E-state index contributed by atoms with van der Waals surface area (Å²) >= 11 is 0. The van der Waals surface area contributed by atoms with Crippen LogP contribution in [0.3, 0.4) is 0 Å². The van der Waals surface area contributed by atoms with E-state index in [-0.39, 0.29) is 12.5 Å². The first-order valence-electron chi connectivity index (χ1n) is 6.92. The number of amides is 1. The number of aryl methyl sites for hydroxylation is 1. The van der Waals surface area contributed by atoms with Gasteiger partial charge < -0.3 is 19.6 Å². The van der Waals surface area contributed by atoms with E-state index in [1.807, 2.05) is 19.1 Å². The lowest BCUT2D eigenvalue weighted by Crippen LogP contribution is -2.40. The number of ether oxygens (including phenoxy) is 1. The fourth-order valence-corrected chi connectivity index (χ4v) is 1.83. The summed E-state index contributed by atoms with van der Waals surface area (Å²) in [6.07, 6.45) is 0.163. The van der Waals surface area contributed by atoms with Crippen molar-refractivity contribution in [3.63, 3.8) is 0 Å². The Balaban J connectivity index is 2.63. The molecule has 1 atom stereocenters. The molecule has 21 heavy (non-hydrogen) atoms. The summed E-state index contributed by atoms with van der Waals surface area (Å²) in [5.41, 5.74) is -0.595. The molecule has 0 bridgehead atoms. The first-order chi connectivity index (χ1) is 9.65. The molecule has 0 fully saturated rings. The molecule has 0 spiro atoms. The van der Waals surface area contributed by atoms with E-state index in [2.05, 4.69) is 5.32 Å². The van der Waals surface area contributed by atoms with E-state index in [1.54, 1.807) is 20.8 Å². The van der Waals surface area contributed by atoms with E-state index in [0.717, 1.165) is 5.76 Å². The molecule has 0 radical (unpaired) electrons. The Kier molecular flexibility index (Phi) is 5.81. The molecule has 0 aromatic carbocycles. The fraction of sp³-hybridized carbons (Fsp3) is 0.600. The summed E-state index contributed by atoms with van der Waals surface area (Å²) in [4.78, 5) is 22.5. The second-order valence-electron chi connectivity index (χ2n) is 5.99. The van der Waals surface area contributed by atoms with Gasteiger partial charge in [-0.3, -0.25) is 4.79 Å². The minimum Gasteiger partial charge on any atom is -0.481 e. The molecule has 118 valence electrons. The minimum atomic E-state index is -0.901. The van der Waals surface area contributed by atoms with E-state index in [0.29, 0.717) is 18.6 Å². The number of carboxylic acid groups (broad SMARTS) is 1. The molecule has 0 saturated carbocycles. The summed E-state index contributed by atoms with van der Waals surface area (Å²) in [5.74, 6) is 0.583. The molecule has 1 heterocycles. The third-order valence-corrected chi connectivity index (χ3v) is 2.67. The van der Waals surface area contributed by atoms with Gasteiger partial charge in [0.1, 0.15) is 17.1 Å². The van der Waals surface area contributed by atoms with Crippen molar-refractivity contribution < 1.29 is 23.8 Å². The molecule has 1 aromatic heterocycles. The lowest BCUT2D eigenvalue weighted by molar-refractivity contribution is -0.137. The maximum Gasteiger partial charge on any atom is 0.407 e. The molecule has 0 aliphatic carbocycles. The highest BCUT2D eigenvalue weighted by Crippen LogP contribution is 2.13.